The number of nitrogens with one attached hydrogen (secondary N) is 1. The number of ether oxygens (including phenoxy) is 1. The van der Waals surface area contributed by atoms with Crippen molar-refractivity contribution in [3.63, 3.8) is 0 Å². The molecule has 1 aromatic rings. The van der Waals surface area contributed by atoms with Crippen molar-refractivity contribution in [3.05, 3.63) is 17.0 Å². The minimum Gasteiger partial charge on any atom is -0.459 e. The molecule has 1 spiro atoms. The molecular formula is C17H23N3O5. The van der Waals surface area contributed by atoms with Crippen molar-refractivity contribution in [1.82, 2.24) is 15.4 Å². The molecule has 0 aromatic carbocycles. The third-order valence-electron chi connectivity index (χ3n) is 5.35. The standard InChI is InChI=1S/C17H23N3O5/c1-10-6-4-5-7-17(10)15(22)20(16(23)18-17)8-14(21)24-9-13-11(2)19-25-12(13)3/h10H,4-9H2,1-3H3,(H,18,23). The molecular weight excluding hydrogens is 326 g/mol. The van der Waals surface area contributed by atoms with Crippen LogP contribution in [0.15, 0.2) is 4.52 Å². The summed E-state index contributed by atoms with van der Waals surface area (Å²) >= 11 is 0. The van der Waals surface area contributed by atoms with E-state index in [2.05, 4.69) is 10.5 Å². The molecule has 1 saturated carbocycles. The van der Waals surface area contributed by atoms with Crippen LogP contribution in [0.3, 0.4) is 0 Å². The van der Waals surface area contributed by atoms with E-state index in [1.54, 1.807) is 13.8 Å². The molecule has 3 amide bonds. The molecule has 2 unspecified atom stereocenters. The number of imide groups is 1. The maximum atomic E-state index is 12.8. The smallest absolute Gasteiger partial charge is 0.326 e. The number of esters is 1. The highest BCUT2D eigenvalue weighted by atomic mass is 16.5. The molecule has 136 valence electrons. The SMILES string of the molecule is Cc1noc(C)c1COC(=O)CN1C(=O)NC2(CCCCC2C)C1=O. The van der Waals surface area contributed by atoms with Crippen LogP contribution in [-0.2, 0) is 20.9 Å². The third-order valence-corrected chi connectivity index (χ3v) is 5.35. The molecule has 2 aliphatic rings. The van der Waals surface area contributed by atoms with E-state index in [0.717, 1.165) is 24.2 Å². The number of aryl methyl sites for hydroxylation is 2. The number of rotatable bonds is 4. The lowest BCUT2D eigenvalue weighted by atomic mass is 9.73. The first kappa shape index (κ1) is 17.4. The summed E-state index contributed by atoms with van der Waals surface area (Å²) < 4.78 is 10.2. The fraction of sp³-hybridized carbons (Fsp3) is 0.647. The van der Waals surface area contributed by atoms with Gasteiger partial charge in [-0.3, -0.25) is 14.5 Å². The van der Waals surface area contributed by atoms with E-state index in [9.17, 15) is 14.4 Å². The Balaban J connectivity index is 1.63. The molecule has 8 heteroatoms. The van der Waals surface area contributed by atoms with Gasteiger partial charge < -0.3 is 14.6 Å². The first-order valence-electron chi connectivity index (χ1n) is 8.56. The van der Waals surface area contributed by atoms with Crippen LogP contribution >= 0.6 is 0 Å². The second kappa shape index (κ2) is 6.50. The van der Waals surface area contributed by atoms with E-state index in [-0.39, 0.29) is 25.0 Å². The molecule has 25 heavy (non-hydrogen) atoms. The van der Waals surface area contributed by atoms with Gasteiger partial charge >= 0.3 is 12.0 Å². The molecule has 1 N–H and O–H groups in total. The molecule has 0 radical (unpaired) electrons. The lowest BCUT2D eigenvalue weighted by Gasteiger charge is -2.36. The maximum absolute atomic E-state index is 12.8. The Morgan fingerprint density at radius 3 is 2.80 bits per heavy atom. The van der Waals surface area contributed by atoms with Crippen molar-refractivity contribution in [2.45, 2.75) is 58.6 Å². The van der Waals surface area contributed by atoms with E-state index >= 15 is 0 Å². The highest BCUT2D eigenvalue weighted by Crippen LogP contribution is 2.38. The summed E-state index contributed by atoms with van der Waals surface area (Å²) in [6, 6.07) is -0.520. The van der Waals surface area contributed by atoms with Gasteiger partial charge in [-0.05, 0) is 32.6 Å². The Bertz CT molecular complexity index is 694. The molecule has 2 atom stereocenters. The van der Waals surface area contributed by atoms with Gasteiger partial charge in [0.15, 0.2) is 0 Å². The van der Waals surface area contributed by atoms with E-state index < -0.39 is 17.5 Å². The third kappa shape index (κ3) is 3.01. The zero-order valence-electron chi connectivity index (χ0n) is 14.8. The van der Waals surface area contributed by atoms with Crippen LogP contribution in [0.25, 0.3) is 0 Å². The van der Waals surface area contributed by atoms with Gasteiger partial charge in [-0.25, -0.2) is 4.79 Å². The van der Waals surface area contributed by atoms with Gasteiger partial charge in [0, 0.05) is 0 Å². The molecule has 8 nitrogen and oxygen atoms in total. The summed E-state index contributed by atoms with van der Waals surface area (Å²) in [7, 11) is 0. The number of amides is 3. The van der Waals surface area contributed by atoms with Crippen LogP contribution in [0.4, 0.5) is 4.79 Å². The highest BCUT2D eigenvalue weighted by molar-refractivity contribution is 6.08. The Morgan fingerprint density at radius 1 is 1.40 bits per heavy atom. The van der Waals surface area contributed by atoms with Crippen molar-refractivity contribution in [3.8, 4) is 0 Å². The van der Waals surface area contributed by atoms with Crippen LogP contribution in [0.1, 0.15) is 49.6 Å². The topological polar surface area (TPSA) is 102 Å². The summed E-state index contributed by atoms with van der Waals surface area (Å²) in [5.41, 5.74) is 0.482. The summed E-state index contributed by atoms with van der Waals surface area (Å²) in [4.78, 5) is 38.1. The minimum absolute atomic E-state index is 0.00515. The number of hydrogen-bond acceptors (Lipinski definition) is 6. The van der Waals surface area contributed by atoms with Crippen molar-refractivity contribution in [2.24, 2.45) is 5.92 Å². The first-order valence-corrected chi connectivity index (χ1v) is 8.56. The van der Waals surface area contributed by atoms with Crippen molar-refractivity contribution >= 4 is 17.9 Å². The number of aromatic nitrogens is 1. The van der Waals surface area contributed by atoms with Crippen molar-refractivity contribution < 1.29 is 23.6 Å². The fourth-order valence-electron chi connectivity index (χ4n) is 3.67. The van der Waals surface area contributed by atoms with Gasteiger partial charge in [-0.2, -0.15) is 0 Å². The molecule has 1 aliphatic heterocycles. The van der Waals surface area contributed by atoms with Gasteiger partial charge in [0.1, 0.15) is 24.5 Å². The minimum atomic E-state index is -0.864. The molecule has 3 rings (SSSR count). The molecule has 2 fully saturated rings. The van der Waals surface area contributed by atoms with Gasteiger partial charge in [0.25, 0.3) is 5.91 Å². The van der Waals surface area contributed by atoms with Gasteiger partial charge in [0.05, 0.1) is 11.3 Å². The average molecular weight is 349 g/mol. The summed E-state index contributed by atoms with van der Waals surface area (Å²) in [5, 5.41) is 6.61. The summed E-state index contributed by atoms with van der Waals surface area (Å²) in [5.74, 6) is -0.320. The van der Waals surface area contributed by atoms with E-state index in [1.807, 2.05) is 6.92 Å². The van der Waals surface area contributed by atoms with Gasteiger partial charge in [-0.15, -0.1) is 0 Å². The van der Waals surface area contributed by atoms with E-state index in [1.165, 1.54) is 0 Å². The van der Waals surface area contributed by atoms with Crippen molar-refractivity contribution in [2.75, 3.05) is 6.54 Å². The molecule has 0 bridgehead atoms. The summed E-state index contributed by atoms with van der Waals surface area (Å²) in [6.45, 7) is 5.07. The average Bonchev–Trinajstić information content (AvgIpc) is 3.01. The van der Waals surface area contributed by atoms with Crippen LogP contribution in [0.2, 0.25) is 0 Å². The van der Waals surface area contributed by atoms with Gasteiger partial charge in [-0.1, -0.05) is 24.9 Å². The number of urea groups is 1. The molecule has 1 aliphatic carbocycles. The van der Waals surface area contributed by atoms with Crippen LogP contribution in [0, 0.1) is 19.8 Å². The number of carbonyl (C=O) groups is 3. The van der Waals surface area contributed by atoms with Gasteiger partial charge in [0.2, 0.25) is 0 Å². The second-order valence-corrected chi connectivity index (χ2v) is 6.90. The monoisotopic (exact) mass is 349 g/mol. The Labute approximate surface area is 145 Å². The van der Waals surface area contributed by atoms with Crippen molar-refractivity contribution in [1.29, 1.82) is 0 Å². The zero-order valence-corrected chi connectivity index (χ0v) is 14.8. The van der Waals surface area contributed by atoms with Crippen LogP contribution in [0.5, 0.6) is 0 Å². The Morgan fingerprint density at radius 2 is 2.16 bits per heavy atom. The second-order valence-electron chi connectivity index (χ2n) is 6.90. The quantitative estimate of drug-likeness (QED) is 0.657. The molecule has 2 heterocycles. The largest absolute Gasteiger partial charge is 0.459 e. The highest BCUT2D eigenvalue weighted by Gasteiger charge is 2.55. The Kier molecular flexibility index (Phi) is 4.53. The lowest BCUT2D eigenvalue weighted by molar-refractivity contribution is -0.149. The number of carbonyl (C=O) groups excluding carboxylic acids is 3. The van der Waals surface area contributed by atoms with E-state index in [4.69, 9.17) is 9.26 Å². The molecule has 1 aromatic heterocycles. The fourth-order valence-corrected chi connectivity index (χ4v) is 3.67. The van der Waals surface area contributed by atoms with E-state index in [0.29, 0.717) is 23.4 Å². The summed E-state index contributed by atoms with van der Waals surface area (Å²) in [6.07, 6.45) is 3.44. The zero-order chi connectivity index (χ0) is 18.2. The molecule has 1 saturated heterocycles. The van der Waals surface area contributed by atoms with Crippen LogP contribution < -0.4 is 5.32 Å². The number of nitrogens with zero attached hydrogens (tertiary/aromatic N) is 2. The predicted molar refractivity (Wildman–Crippen MR) is 86.4 cm³/mol. The normalized spacial score (nSPS) is 26.2. The predicted octanol–water partition coefficient (Wildman–Crippen LogP) is 1.84. The first-order chi connectivity index (χ1) is 11.8. The maximum Gasteiger partial charge on any atom is 0.326 e. The van der Waals surface area contributed by atoms with Crippen LogP contribution in [-0.4, -0.2) is 40.0 Å². The Hall–Kier alpha value is -2.38. The lowest BCUT2D eigenvalue weighted by Crippen LogP contribution is -2.54. The number of hydrogen-bond donors (Lipinski definition) is 1.